The van der Waals surface area contributed by atoms with Crippen LogP contribution in [0.3, 0.4) is 0 Å². The average molecular weight is 116 g/mol. The Bertz CT molecular complexity index is 69.7. The predicted octanol–water partition coefficient (Wildman–Crippen LogP) is 1.17. The zero-order valence-corrected chi connectivity index (χ0v) is 4.50. The van der Waals surface area contributed by atoms with Crippen LogP contribution < -0.4 is 0 Å². The number of hydrogen-bond acceptors (Lipinski definition) is 3. The third kappa shape index (κ3) is 1.95. The molecule has 0 amide bonds. The van der Waals surface area contributed by atoms with Gasteiger partial charge in [-0.1, -0.05) is 0 Å². The Morgan fingerprint density at radius 3 is 3.38 bits per heavy atom. The molecule has 0 atom stereocenters. The minimum atomic E-state index is 0.602. The lowest BCUT2D eigenvalue weighted by atomic mass is 10.3. The van der Waals surface area contributed by atoms with Crippen molar-refractivity contribution in [1.29, 1.82) is 0 Å². The summed E-state index contributed by atoms with van der Waals surface area (Å²) in [5.41, 5.74) is 0. The van der Waals surface area contributed by atoms with Crippen molar-refractivity contribution in [2.45, 2.75) is 12.8 Å². The quantitative estimate of drug-likeness (QED) is 0.445. The molecule has 3 nitrogen and oxygen atoms in total. The van der Waals surface area contributed by atoms with Gasteiger partial charge >= 0.3 is 0 Å². The smallest absolute Gasteiger partial charge is 0.128 e. The van der Waals surface area contributed by atoms with Crippen molar-refractivity contribution < 1.29 is 14.8 Å². The highest BCUT2D eigenvalue weighted by molar-refractivity contribution is 4.71. The zero-order chi connectivity index (χ0) is 5.66. The van der Waals surface area contributed by atoms with E-state index >= 15 is 0 Å². The van der Waals surface area contributed by atoms with E-state index in [2.05, 4.69) is 14.8 Å². The minimum Gasteiger partial charge on any atom is -0.317 e. The first-order valence-electron chi connectivity index (χ1n) is 2.60. The van der Waals surface area contributed by atoms with Crippen LogP contribution >= 0.6 is 0 Å². The first-order chi connectivity index (χ1) is 4.00. The van der Waals surface area contributed by atoms with E-state index < -0.39 is 0 Å². The van der Waals surface area contributed by atoms with Gasteiger partial charge in [0.05, 0.1) is 6.61 Å². The molecule has 1 aliphatic heterocycles. The lowest BCUT2D eigenvalue weighted by Crippen LogP contribution is -1.96. The molecule has 1 aliphatic rings. The highest BCUT2D eigenvalue weighted by Crippen LogP contribution is 1.97. The second kappa shape index (κ2) is 3.46. The van der Waals surface area contributed by atoms with Crippen LogP contribution in [0.4, 0.5) is 0 Å². The summed E-state index contributed by atoms with van der Waals surface area (Å²) >= 11 is 0. The molecule has 0 aliphatic carbocycles. The highest BCUT2D eigenvalue weighted by Gasteiger charge is 1.90. The van der Waals surface area contributed by atoms with E-state index in [0.29, 0.717) is 6.61 Å². The van der Waals surface area contributed by atoms with Crippen molar-refractivity contribution >= 4 is 0 Å². The van der Waals surface area contributed by atoms with E-state index in [1.165, 1.54) is 6.26 Å². The van der Waals surface area contributed by atoms with Crippen molar-refractivity contribution in [1.82, 2.24) is 0 Å². The van der Waals surface area contributed by atoms with Crippen LogP contribution in [-0.2, 0) is 14.8 Å². The lowest BCUT2D eigenvalue weighted by molar-refractivity contribution is -0.491. The Hall–Kier alpha value is -0.540. The topological polar surface area (TPSA) is 27.7 Å². The fraction of sp³-hybridized carbons (Fsp3) is 0.600. The third-order valence-electron chi connectivity index (χ3n) is 0.838. The molecule has 1 heterocycles. The molecule has 8 heavy (non-hydrogen) atoms. The Morgan fingerprint density at radius 2 is 2.38 bits per heavy atom. The van der Waals surface area contributed by atoms with E-state index in [1.54, 1.807) is 0 Å². The number of hydrogen-bond donors (Lipinski definition) is 0. The summed E-state index contributed by atoms with van der Waals surface area (Å²) < 4.78 is 0. The molecule has 0 saturated heterocycles. The molecule has 0 aromatic rings. The number of allylic oxidation sites excluding steroid dienone is 1. The monoisotopic (exact) mass is 116 g/mol. The van der Waals surface area contributed by atoms with Gasteiger partial charge in [-0.05, 0) is 24.0 Å². The summed E-state index contributed by atoms with van der Waals surface area (Å²) in [4.78, 5) is 8.87. The summed E-state index contributed by atoms with van der Waals surface area (Å²) in [6.45, 7) is 0.602. The van der Waals surface area contributed by atoms with Gasteiger partial charge in [0.15, 0.2) is 0 Å². The number of rotatable bonds is 0. The van der Waals surface area contributed by atoms with E-state index in [1.807, 2.05) is 6.08 Å². The standard InChI is InChI=1S/C5H8O3/c1-2-4-6-8-7-5-3-1/h2,4H,1,3,5H2/b4-2-. The van der Waals surface area contributed by atoms with Crippen molar-refractivity contribution in [2.24, 2.45) is 0 Å². The van der Waals surface area contributed by atoms with E-state index in [4.69, 9.17) is 0 Å². The van der Waals surface area contributed by atoms with Crippen molar-refractivity contribution in [3.8, 4) is 0 Å². The van der Waals surface area contributed by atoms with Crippen LogP contribution in [0.5, 0.6) is 0 Å². The molecular formula is C5H8O3. The largest absolute Gasteiger partial charge is 0.317 e. The summed E-state index contributed by atoms with van der Waals surface area (Å²) in [7, 11) is 0. The molecular weight excluding hydrogens is 108 g/mol. The summed E-state index contributed by atoms with van der Waals surface area (Å²) in [5.74, 6) is 0. The molecule has 0 saturated carbocycles. The minimum absolute atomic E-state index is 0.602. The molecule has 3 heteroatoms. The summed E-state index contributed by atoms with van der Waals surface area (Å²) in [6, 6.07) is 0. The third-order valence-corrected chi connectivity index (χ3v) is 0.838. The molecule has 0 unspecified atom stereocenters. The van der Waals surface area contributed by atoms with Crippen LogP contribution in [0.25, 0.3) is 0 Å². The molecule has 0 spiro atoms. The van der Waals surface area contributed by atoms with Gasteiger partial charge in [-0.2, -0.15) is 4.89 Å². The van der Waals surface area contributed by atoms with Crippen molar-refractivity contribution in [2.75, 3.05) is 6.61 Å². The maximum absolute atomic E-state index is 4.50. The van der Waals surface area contributed by atoms with Crippen LogP contribution in [0.1, 0.15) is 12.8 Å². The molecule has 0 N–H and O–H groups in total. The van der Waals surface area contributed by atoms with Gasteiger partial charge in [0, 0.05) is 0 Å². The Morgan fingerprint density at radius 1 is 1.38 bits per heavy atom. The fourth-order valence-electron chi connectivity index (χ4n) is 0.452. The second-order valence-electron chi connectivity index (χ2n) is 1.50. The van der Waals surface area contributed by atoms with E-state index in [0.717, 1.165) is 12.8 Å². The van der Waals surface area contributed by atoms with E-state index in [9.17, 15) is 0 Å². The average Bonchev–Trinajstić information content (AvgIpc) is 1.62. The van der Waals surface area contributed by atoms with Crippen LogP contribution in [0, 0.1) is 0 Å². The van der Waals surface area contributed by atoms with Crippen LogP contribution in [-0.4, -0.2) is 6.61 Å². The molecule has 1 rings (SSSR count). The van der Waals surface area contributed by atoms with Crippen molar-refractivity contribution in [3.63, 3.8) is 0 Å². The Kier molecular flexibility index (Phi) is 2.42. The first-order valence-corrected chi connectivity index (χ1v) is 2.60. The molecule has 46 valence electrons. The van der Waals surface area contributed by atoms with Gasteiger partial charge < -0.3 is 4.89 Å². The maximum Gasteiger partial charge on any atom is 0.128 e. The molecule has 0 aromatic heterocycles. The van der Waals surface area contributed by atoms with Gasteiger partial charge in [-0.25, -0.2) is 0 Å². The SMILES string of the molecule is C1=C\OOOCCC/1. The van der Waals surface area contributed by atoms with Crippen LogP contribution in [0.2, 0.25) is 0 Å². The second-order valence-corrected chi connectivity index (χ2v) is 1.50. The van der Waals surface area contributed by atoms with Gasteiger partial charge in [-0.15, -0.1) is 0 Å². The summed E-state index contributed by atoms with van der Waals surface area (Å²) in [6.07, 6.45) is 5.34. The van der Waals surface area contributed by atoms with Gasteiger partial charge in [0.25, 0.3) is 0 Å². The maximum atomic E-state index is 4.50. The lowest BCUT2D eigenvalue weighted by Gasteiger charge is -2.01. The molecule has 0 aromatic carbocycles. The zero-order valence-electron chi connectivity index (χ0n) is 4.50. The van der Waals surface area contributed by atoms with E-state index in [-0.39, 0.29) is 0 Å². The van der Waals surface area contributed by atoms with Gasteiger partial charge in [0.2, 0.25) is 0 Å². The molecule has 0 fully saturated rings. The molecule has 0 radical (unpaired) electrons. The Balaban J connectivity index is 2.17. The Labute approximate surface area is 47.7 Å². The molecule has 0 bridgehead atoms. The fourth-order valence-corrected chi connectivity index (χ4v) is 0.452. The van der Waals surface area contributed by atoms with Gasteiger partial charge in [0.1, 0.15) is 6.26 Å². The highest BCUT2D eigenvalue weighted by atomic mass is 17.5. The normalized spacial score (nSPS) is 25.0. The van der Waals surface area contributed by atoms with Crippen LogP contribution in [0.15, 0.2) is 12.3 Å². The summed E-state index contributed by atoms with van der Waals surface area (Å²) in [5, 5.41) is 4.19. The van der Waals surface area contributed by atoms with Gasteiger partial charge in [-0.3, -0.25) is 0 Å². The van der Waals surface area contributed by atoms with Crippen molar-refractivity contribution in [3.05, 3.63) is 12.3 Å². The predicted molar refractivity (Wildman–Crippen MR) is 26.5 cm³/mol. The first kappa shape index (κ1) is 5.59.